The lowest BCUT2D eigenvalue weighted by Crippen LogP contribution is -2.43. The van der Waals surface area contributed by atoms with Crippen molar-refractivity contribution < 1.29 is 18.8 Å². The van der Waals surface area contributed by atoms with Gasteiger partial charge >= 0.3 is 6.01 Å². The number of piperidine rings is 1. The molecule has 1 amide bonds. The Labute approximate surface area is 181 Å². The maximum atomic E-state index is 12.7. The van der Waals surface area contributed by atoms with E-state index in [0.717, 1.165) is 42.0 Å². The zero-order valence-electron chi connectivity index (χ0n) is 17.7. The first-order chi connectivity index (χ1) is 15.2. The van der Waals surface area contributed by atoms with Crippen molar-refractivity contribution >= 4 is 11.9 Å². The van der Waals surface area contributed by atoms with Gasteiger partial charge in [0.15, 0.2) is 0 Å². The summed E-state index contributed by atoms with van der Waals surface area (Å²) in [5.74, 6) is 1.96. The fraction of sp³-hybridized carbons (Fsp3) is 0.348. The predicted octanol–water partition coefficient (Wildman–Crippen LogP) is 3.29. The molecule has 0 radical (unpaired) electrons. The van der Waals surface area contributed by atoms with Crippen LogP contribution in [0.3, 0.4) is 0 Å². The van der Waals surface area contributed by atoms with Crippen LogP contribution in [0.1, 0.15) is 18.4 Å². The van der Waals surface area contributed by atoms with Crippen molar-refractivity contribution in [1.29, 1.82) is 0 Å². The summed E-state index contributed by atoms with van der Waals surface area (Å²) >= 11 is 0. The number of nitrogens with zero attached hydrogens (tertiary/aromatic N) is 3. The number of carbonyl (C=O) groups excluding carboxylic acids is 1. The van der Waals surface area contributed by atoms with E-state index in [4.69, 9.17) is 14.0 Å². The number of nitrogens with one attached hydrogen (secondary N) is 1. The number of aromatic nitrogens is 2. The normalized spacial score (nSPS) is 16.1. The summed E-state index contributed by atoms with van der Waals surface area (Å²) in [6, 6.07) is 15.6. The van der Waals surface area contributed by atoms with Crippen molar-refractivity contribution in [2.75, 3.05) is 32.2 Å². The summed E-state index contributed by atoms with van der Waals surface area (Å²) < 4.78 is 15.9. The van der Waals surface area contributed by atoms with Crippen molar-refractivity contribution in [2.45, 2.75) is 19.4 Å². The molecular weight excluding hydrogens is 396 g/mol. The van der Waals surface area contributed by atoms with Gasteiger partial charge in [-0.2, -0.15) is 4.98 Å². The third-order valence-electron chi connectivity index (χ3n) is 5.43. The largest absolute Gasteiger partial charge is 0.497 e. The van der Waals surface area contributed by atoms with Gasteiger partial charge in [-0.1, -0.05) is 17.3 Å². The van der Waals surface area contributed by atoms with E-state index < -0.39 is 0 Å². The molecule has 1 aliphatic heterocycles. The Morgan fingerprint density at radius 1 is 1.16 bits per heavy atom. The summed E-state index contributed by atoms with van der Waals surface area (Å²) in [6.45, 7) is 1.80. The van der Waals surface area contributed by atoms with E-state index in [1.807, 2.05) is 53.4 Å². The number of hydrogen-bond donors (Lipinski definition) is 1. The number of benzene rings is 2. The van der Waals surface area contributed by atoms with E-state index in [1.165, 1.54) is 0 Å². The highest BCUT2D eigenvalue weighted by Gasteiger charge is 2.28. The van der Waals surface area contributed by atoms with Crippen molar-refractivity contribution in [1.82, 2.24) is 15.5 Å². The molecule has 1 aliphatic rings. The molecule has 1 saturated heterocycles. The maximum absolute atomic E-state index is 12.7. The van der Waals surface area contributed by atoms with Crippen LogP contribution in [-0.4, -0.2) is 43.4 Å². The van der Waals surface area contributed by atoms with Gasteiger partial charge in [-0.3, -0.25) is 4.79 Å². The zero-order chi connectivity index (χ0) is 21.6. The molecule has 4 rings (SSSR count). The van der Waals surface area contributed by atoms with Crippen LogP contribution in [0, 0.1) is 5.92 Å². The second kappa shape index (κ2) is 9.51. The number of hydrogen-bond acceptors (Lipinski definition) is 7. The quantitative estimate of drug-likeness (QED) is 0.625. The summed E-state index contributed by atoms with van der Waals surface area (Å²) in [5.41, 5.74) is 1.85. The first-order valence-corrected chi connectivity index (χ1v) is 10.3. The van der Waals surface area contributed by atoms with Gasteiger partial charge in [-0.15, -0.1) is 0 Å². The molecule has 1 unspecified atom stereocenters. The van der Waals surface area contributed by atoms with Crippen LogP contribution in [0.5, 0.6) is 11.5 Å². The molecule has 2 aromatic carbocycles. The highest BCUT2D eigenvalue weighted by atomic mass is 16.5. The van der Waals surface area contributed by atoms with Gasteiger partial charge in [0.05, 0.1) is 20.1 Å². The van der Waals surface area contributed by atoms with Crippen LogP contribution in [0.15, 0.2) is 53.1 Å². The minimum absolute atomic E-state index is 0.0300. The molecule has 8 heteroatoms. The summed E-state index contributed by atoms with van der Waals surface area (Å²) in [4.78, 5) is 19.3. The van der Waals surface area contributed by atoms with Crippen LogP contribution in [0.4, 0.5) is 6.01 Å². The minimum Gasteiger partial charge on any atom is -0.497 e. The molecule has 0 spiro atoms. The van der Waals surface area contributed by atoms with Crippen molar-refractivity contribution in [3.05, 3.63) is 54.1 Å². The van der Waals surface area contributed by atoms with E-state index in [9.17, 15) is 4.79 Å². The summed E-state index contributed by atoms with van der Waals surface area (Å²) in [6.07, 6.45) is 1.72. The third-order valence-corrected chi connectivity index (χ3v) is 5.43. The van der Waals surface area contributed by atoms with Gasteiger partial charge < -0.3 is 24.2 Å². The second-order valence-electron chi connectivity index (χ2n) is 7.48. The van der Waals surface area contributed by atoms with E-state index in [-0.39, 0.29) is 11.8 Å². The molecule has 162 valence electrons. The molecule has 0 aliphatic carbocycles. The number of methoxy groups -OCH3 is 2. The van der Waals surface area contributed by atoms with Gasteiger partial charge in [-0.05, 0) is 54.8 Å². The molecule has 3 aromatic rings. The standard InChI is InChI=1S/C23H26N4O4/c1-29-19-10-8-17(9-11-19)21-25-23(31-26-21)27-12-4-6-18(15-27)22(28)24-14-16-5-3-7-20(13-16)30-2/h3,5,7-11,13,18H,4,6,12,14-15H2,1-2H3,(H,24,28). The van der Waals surface area contributed by atoms with Gasteiger partial charge in [0.25, 0.3) is 0 Å². The van der Waals surface area contributed by atoms with Gasteiger partial charge in [-0.25, -0.2) is 0 Å². The summed E-state index contributed by atoms with van der Waals surface area (Å²) in [7, 11) is 3.26. The predicted molar refractivity (Wildman–Crippen MR) is 116 cm³/mol. The average molecular weight is 422 g/mol. The Bertz CT molecular complexity index is 1020. The molecule has 31 heavy (non-hydrogen) atoms. The third kappa shape index (κ3) is 4.96. The Morgan fingerprint density at radius 3 is 2.74 bits per heavy atom. The lowest BCUT2D eigenvalue weighted by molar-refractivity contribution is -0.125. The Balaban J connectivity index is 1.36. The fourth-order valence-corrected chi connectivity index (χ4v) is 3.68. The molecule has 0 saturated carbocycles. The molecule has 1 fully saturated rings. The fourth-order valence-electron chi connectivity index (χ4n) is 3.68. The number of ether oxygens (including phenoxy) is 2. The van der Waals surface area contributed by atoms with Gasteiger partial charge in [0.1, 0.15) is 11.5 Å². The van der Waals surface area contributed by atoms with Crippen LogP contribution in [0.25, 0.3) is 11.4 Å². The zero-order valence-corrected chi connectivity index (χ0v) is 17.7. The van der Waals surface area contributed by atoms with Gasteiger partial charge in [0, 0.05) is 25.2 Å². The van der Waals surface area contributed by atoms with Crippen molar-refractivity contribution in [3.8, 4) is 22.9 Å². The van der Waals surface area contributed by atoms with E-state index in [1.54, 1.807) is 14.2 Å². The topological polar surface area (TPSA) is 89.7 Å². The van der Waals surface area contributed by atoms with Crippen molar-refractivity contribution in [2.24, 2.45) is 5.92 Å². The van der Waals surface area contributed by atoms with Crippen LogP contribution < -0.4 is 19.7 Å². The van der Waals surface area contributed by atoms with Crippen molar-refractivity contribution in [3.63, 3.8) is 0 Å². The van der Waals surface area contributed by atoms with E-state index in [0.29, 0.717) is 24.9 Å². The highest BCUT2D eigenvalue weighted by molar-refractivity contribution is 5.79. The van der Waals surface area contributed by atoms with Crippen LogP contribution in [0.2, 0.25) is 0 Å². The maximum Gasteiger partial charge on any atom is 0.324 e. The molecule has 1 aromatic heterocycles. The SMILES string of the molecule is COc1ccc(-c2noc(N3CCCC(C(=O)NCc4cccc(OC)c4)C3)n2)cc1. The molecule has 1 N–H and O–H groups in total. The first-order valence-electron chi connectivity index (χ1n) is 10.3. The number of amides is 1. The highest BCUT2D eigenvalue weighted by Crippen LogP contribution is 2.26. The van der Waals surface area contributed by atoms with Crippen LogP contribution in [-0.2, 0) is 11.3 Å². The minimum atomic E-state index is -0.129. The van der Waals surface area contributed by atoms with E-state index >= 15 is 0 Å². The molecule has 1 atom stereocenters. The molecule has 8 nitrogen and oxygen atoms in total. The van der Waals surface area contributed by atoms with E-state index in [2.05, 4.69) is 15.5 Å². The lowest BCUT2D eigenvalue weighted by Gasteiger charge is -2.30. The Hall–Kier alpha value is -3.55. The first kappa shape index (κ1) is 20.7. The Morgan fingerprint density at radius 2 is 1.97 bits per heavy atom. The molecular formula is C23H26N4O4. The average Bonchev–Trinajstić information content (AvgIpc) is 3.33. The monoisotopic (exact) mass is 422 g/mol. The smallest absolute Gasteiger partial charge is 0.324 e. The number of carbonyl (C=O) groups is 1. The van der Waals surface area contributed by atoms with Gasteiger partial charge in [0.2, 0.25) is 11.7 Å². The van der Waals surface area contributed by atoms with Crippen LogP contribution >= 0.6 is 0 Å². The lowest BCUT2D eigenvalue weighted by atomic mass is 9.97. The molecule has 2 heterocycles. The second-order valence-corrected chi connectivity index (χ2v) is 7.48. The Kier molecular flexibility index (Phi) is 6.35. The molecule has 0 bridgehead atoms. The number of rotatable bonds is 7. The summed E-state index contributed by atoms with van der Waals surface area (Å²) in [5, 5.41) is 7.13. The number of anilines is 1.